The molecule has 0 bridgehead atoms. The zero-order valence-electron chi connectivity index (χ0n) is 13.9. The summed E-state index contributed by atoms with van der Waals surface area (Å²) in [6.45, 7) is 1.10. The van der Waals surface area contributed by atoms with Crippen LogP contribution in [0.25, 0.3) is 10.9 Å². The van der Waals surface area contributed by atoms with Crippen LogP contribution in [0.1, 0.15) is 11.1 Å². The summed E-state index contributed by atoms with van der Waals surface area (Å²) in [5.74, 6) is 0.0481. The molecule has 27 heavy (non-hydrogen) atoms. The van der Waals surface area contributed by atoms with Gasteiger partial charge in [0.1, 0.15) is 24.1 Å². The minimum absolute atomic E-state index is 0.0481. The molecule has 1 unspecified atom stereocenters. The number of aliphatic imine (C=N–C) groups is 1. The normalized spacial score (nSPS) is 19.4. The number of halogens is 2. The number of aromatic hydroxyl groups is 1. The number of aromatic amines is 1. The van der Waals surface area contributed by atoms with Crippen molar-refractivity contribution in [2.75, 3.05) is 13.2 Å². The monoisotopic (exact) mass is 489 g/mol. The Hall–Kier alpha value is -2.16. The maximum atomic E-state index is 10.6. The highest BCUT2D eigenvalue weighted by atomic mass is 79.9. The summed E-state index contributed by atoms with van der Waals surface area (Å²) in [5, 5.41) is 15.8. The first-order chi connectivity index (χ1) is 13.1. The van der Waals surface area contributed by atoms with Crippen LogP contribution in [-0.4, -0.2) is 40.8 Å². The molecule has 0 saturated carbocycles. The van der Waals surface area contributed by atoms with E-state index in [1.165, 1.54) is 0 Å². The first kappa shape index (κ1) is 17.0. The van der Waals surface area contributed by atoms with Gasteiger partial charge in [0.2, 0.25) is 0 Å². The standard InChI is InChI=1S/C19H13Br2N3O3/c20-9-2-4-14-13(5-9)16(19(25)23-14)18-17(24-27-8-11-7-26-11)12-3-1-10(21)6-15(12)22-18/h1-6,11,23,25H,7-8H2/b24-17+. The van der Waals surface area contributed by atoms with Gasteiger partial charge in [0.15, 0.2) is 5.88 Å². The smallest absolute Gasteiger partial charge is 0.199 e. The van der Waals surface area contributed by atoms with Crippen LogP contribution in [-0.2, 0) is 9.57 Å². The number of oxime groups is 1. The van der Waals surface area contributed by atoms with Crippen molar-refractivity contribution in [1.29, 1.82) is 0 Å². The van der Waals surface area contributed by atoms with Gasteiger partial charge in [-0.25, -0.2) is 4.99 Å². The van der Waals surface area contributed by atoms with Gasteiger partial charge in [0.25, 0.3) is 0 Å². The van der Waals surface area contributed by atoms with Gasteiger partial charge in [-0.15, -0.1) is 0 Å². The van der Waals surface area contributed by atoms with Gasteiger partial charge < -0.3 is 19.7 Å². The molecule has 2 aromatic carbocycles. The Balaban J connectivity index is 1.66. The van der Waals surface area contributed by atoms with Crippen molar-refractivity contribution in [3.63, 3.8) is 0 Å². The molecule has 0 spiro atoms. The van der Waals surface area contributed by atoms with Gasteiger partial charge in [0.05, 0.1) is 17.9 Å². The van der Waals surface area contributed by atoms with E-state index in [0.29, 0.717) is 30.2 Å². The third-order valence-electron chi connectivity index (χ3n) is 4.47. The number of hydrogen-bond acceptors (Lipinski definition) is 5. The number of rotatable bonds is 4. The summed E-state index contributed by atoms with van der Waals surface area (Å²) in [5.41, 5.74) is 4.21. The topological polar surface area (TPSA) is 82.5 Å². The lowest BCUT2D eigenvalue weighted by atomic mass is 10.0. The number of H-pyrrole nitrogens is 1. The van der Waals surface area contributed by atoms with E-state index in [0.717, 1.165) is 31.1 Å². The van der Waals surface area contributed by atoms with E-state index in [1.807, 2.05) is 36.4 Å². The molecule has 136 valence electrons. The van der Waals surface area contributed by atoms with Crippen molar-refractivity contribution in [2.45, 2.75) is 6.10 Å². The van der Waals surface area contributed by atoms with Crippen molar-refractivity contribution in [2.24, 2.45) is 10.1 Å². The lowest BCUT2D eigenvalue weighted by Crippen LogP contribution is -2.14. The molecule has 2 aliphatic rings. The molecule has 5 rings (SSSR count). The molecule has 3 aromatic rings. The number of fused-ring (bicyclic) bond motifs is 2. The van der Waals surface area contributed by atoms with E-state index in [4.69, 9.17) is 14.6 Å². The summed E-state index contributed by atoms with van der Waals surface area (Å²) >= 11 is 6.97. The lowest BCUT2D eigenvalue weighted by Gasteiger charge is -2.05. The van der Waals surface area contributed by atoms with E-state index < -0.39 is 0 Å². The third kappa shape index (κ3) is 3.07. The minimum atomic E-state index is 0.0481. The summed E-state index contributed by atoms with van der Waals surface area (Å²) in [4.78, 5) is 13.2. The van der Waals surface area contributed by atoms with Gasteiger partial charge in [-0.1, -0.05) is 37.0 Å². The molecular formula is C19H13Br2N3O3. The van der Waals surface area contributed by atoms with Crippen LogP contribution < -0.4 is 0 Å². The fraction of sp³-hybridized carbons (Fsp3) is 0.158. The number of nitrogens with zero attached hydrogens (tertiary/aromatic N) is 2. The van der Waals surface area contributed by atoms with Crippen LogP contribution in [0.2, 0.25) is 0 Å². The van der Waals surface area contributed by atoms with Crippen molar-refractivity contribution in [3.05, 3.63) is 56.5 Å². The van der Waals surface area contributed by atoms with Crippen LogP contribution in [0.3, 0.4) is 0 Å². The molecule has 1 fully saturated rings. The maximum Gasteiger partial charge on any atom is 0.199 e. The van der Waals surface area contributed by atoms with Crippen LogP contribution >= 0.6 is 31.9 Å². The first-order valence-electron chi connectivity index (χ1n) is 8.31. The maximum absolute atomic E-state index is 10.6. The predicted molar refractivity (Wildman–Crippen MR) is 110 cm³/mol. The van der Waals surface area contributed by atoms with Gasteiger partial charge in [-0.2, -0.15) is 0 Å². The van der Waals surface area contributed by atoms with Crippen LogP contribution in [0.4, 0.5) is 5.69 Å². The van der Waals surface area contributed by atoms with Crippen molar-refractivity contribution >= 4 is 59.9 Å². The second-order valence-electron chi connectivity index (χ2n) is 6.35. The zero-order chi connectivity index (χ0) is 18.5. The van der Waals surface area contributed by atoms with E-state index in [1.54, 1.807) is 0 Å². The Kier molecular flexibility index (Phi) is 4.07. The quantitative estimate of drug-likeness (QED) is 0.412. The number of nitrogens with one attached hydrogen (secondary N) is 1. The minimum Gasteiger partial charge on any atom is -0.494 e. The first-order valence-corrected chi connectivity index (χ1v) is 9.90. The Morgan fingerprint density at radius 1 is 1.22 bits per heavy atom. The molecule has 1 aromatic heterocycles. The highest BCUT2D eigenvalue weighted by Crippen LogP contribution is 2.37. The number of epoxide rings is 1. The van der Waals surface area contributed by atoms with Gasteiger partial charge in [-0.05, 0) is 36.4 Å². The van der Waals surface area contributed by atoms with E-state index >= 15 is 0 Å². The Labute approximate surface area is 171 Å². The average Bonchev–Trinajstić information content (AvgIpc) is 3.31. The summed E-state index contributed by atoms with van der Waals surface area (Å²) < 4.78 is 7.00. The van der Waals surface area contributed by atoms with E-state index in [-0.39, 0.29) is 12.0 Å². The molecule has 0 radical (unpaired) electrons. The molecule has 1 atom stereocenters. The third-order valence-corrected chi connectivity index (χ3v) is 5.45. The number of hydrogen-bond donors (Lipinski definition) is 2. The lowest BCUT2D eigenvalue weighted by molar-refractivity contribution is 0.125. The molecule has 8 heteroatoms. The number of ether oxygens (including phenoxy) is 1. The Morgan fingerprint density at radius 2 is 2.00 bits per heavy atom. The van der Waals surface area contributed by atoms with Crippen LogP contribution in [0.5, 0.6) is 5.88 Å². The second-order valence-corrected chi connectivity index (χ2v) is 8.18. The molecule has 2 N–H and O–H groups in total. The molecule has 2 aliphatic heterocycles. The zero-order valence-corrected chi connectivity index (χ0v) is 17.0. The van der Waals surface area contributed by atoms with Crippen molar-refractivity contribution in [3.8, 4) is 5.88 Å². The van der Waals surface area contributed by atoms with Gasteiger partial charge in [0, 0.05) is 25.4 Å². The predicted octanol–water partition coefficient (Wildman–Crippen LogP) is 4.65. The molecular weight excluding hydrogens is 478 g/mol. The average molecular weight is 491 g/mol. The fourth-order valence-electron chi connectivity index (χ4n) is 3.10. The summed E-state index contributed by atoms with van der Waals surface area (Å²) in [7, 11) is 0. The Bertz CT molecular complexity index is 1130. The molecule has 3 heterocycles. The molecule has 0 amide bonds. The summed E-state index contributed by atoms with van der Waals surface area (Å²) in [6.07, 6.45) is 0.109. The summed E-state index contributed by atoms with van der Waals surface area (Å²) in [6, 6.07) is 11.6. The molecule has 0 aliphatic carbocycles. The van der Waals surface area contributed by atoms with Gasteiger partial charge in [-0.3, -0.25) is 0 Å². The van der Waals surface area contributed by atoms with E-state index in [9.17, 15) is 5.11 Å². The number of aromatic nitrogens is 1. The molecule has 6 nitrogen and oxygen atoms in total. The van der Waals surface area contributed by atoms with Crippen LogP contribution in [0.15, 0.2) is 55.5 Å². The SMILES string of the molecule is Oc1[nH]c2ccc(Br)cc2c1C1=Nc2cc(Br)ccc2/C1=N\OCC1CO1. The highest BCUT2D eigenvalue weighted by molar-refractivity contribution is 9.10. The van der Waals surface area contributed by atoms with Crippen LogP contribution in [0, 0.1) is 0 Å². The van der Waals surface area contributed by atoms with Crippen molar-refractivity contribution in [1.82, 2.24) is 4.98 Å². The van der Waals surface area contributed by atoms with Crippen molar-refractivity contribution < 1.29 is 14.7 Å². The Morgan fingerprint density at radius 3 is 2.81 bits per heavy atom. The van der Waals surface area contributed by atoms with Gasteiger partial charge >= 0.3 is 0 Å². The van der Waals surface area contributed by atoms with E-state index in [2.05, 4.69) is 42.0 Å². The molecule has 1 saturated heterocycles. The highest BCUT2D eigenvalue weighted by Gasteiger charge is 2.30. The number of benzene rings is 2. The largest absolute Gasteiger partial charge is 0.494 e. The second kappa shape index (κ2) is 6.47. The fourth-order valence-corrected chi connectivity index (χ4v) is 3.81.